The third-order valence-corrected chi connectivity index (χ3v) is 1.17. The summed E-state index contributed by atoms with van der Waals surface area (Å²) < 4.78 is 0. The molecule has 0 spiro atoms. The highest BCUT2D eigenvalue weighted by atomic mass is 16.4. The van der Waals surface area contributed by atoms with E-state index in [0.717, 1.165) is 0 Å². The molecule has 0 saturated carbocycles. The summed E-state index contributed by atoms with van der Waals surface area (Å²) in [6.07, 6.45) is 2.67. The molecule has 0 atom stereocenters. The molecule has 0 fully saturated rings. The molecule has 0 saturated heterocycles. The SMILES string of the molecule is Cn1ncc(/C=C(/N)C(=O)O)n1. The van der Waals surface area contributed by atoms with Crippen LogP contribution in [0.4, 0.5) is 0 Å². The third kappa shape index (κ3) is 1.82. The van der Waals surface area contributed by atoms with Gasteiger partial charge in [0.15, 0.2) is 0 Å². The Morgan fingerprint density at radius 3 is 2.92 bits per heavy atom. The van der Waals surface area contributed by atoms with Crippen LogP contribution in [0, 0.1) is 0 Å². The van der Waals surface area contributed by atoms with Crippen LogP contribution in [0.5, 0.6) is 0 Å². The van der Waals surface area contributed by atoms with E-state index in [1.54, 1.807) is 7.05 Å². The fourth-order valence-electron chi connectivity index (χ4n) is 0.649. The summed E-state index contributed by atoms with van der Waals surface area (Å²) in [6, 6.07) is 0. The van der Waals surface area contributed by atoms with Crippen LogP contribution >= 0.6 is 0 Å². The maximum atomic E-state index is 10.3. The van der Waals surface area contributed by atoms with Gasteiger partial charge in [-0.3, -0.25) is 0 Å². The lowest BCUT2D eigenvalue weighted by molar-refractivity contribution is -0.132. The van der Waals surface area contributed by atoms with Crippen LogP contribution in [0.15, 0.2) is 11.9 Å². The van der Waals surface area contributed by atoms with Gasteiger partial charge in [0.05, 0.1) is 6.20 Å². The zero-order valence-corrected chi connectivity index (χ0v) is 6.43. The minimum atomic E-state index is -1.17. The molecule has 1 aromatic rings. The van der Waals surface area contributed by atoms with Crippen molar-refractivity contribution in [1.82, 2.24) is 15.0 Å². The predicted molar refractivity (Wildman–Crippen MR) is 40.8 cm³/mol. The van der Waals surface area contributed by atoms with Gasteiger partial charge in [0, 0.05) is 7.05 Å². The summed E-state index contributed by atoms with van der Waals surface area (Å²) in [5.74, 6) is -1.17. The average molecular weight is 168 g/mol. The largest absolute Gasteiger partial charge is 0.477 e. The Hall–Kier alpha value is -1.85. The summed E-state index contributed by atoms with van der Waals surface area (Å²) >= 11 is 0. The zero-order chi connectivity index (χ0) is 9.14. The first kappa shape index (κ1) is 8.25. The van der Waals surface area contributed by atoms with Gasteiger partial charge in [-0.15, -0.1) is 0 Å². The van der Waals surface area contributed by atoms with Gasteiger partial charge in [-0.05, 0) is 6.08 Å². The Kier molecular flexibility index (Phi) is 2.09. The number of carboxylic acid groups (broad SMARTS) is 1. The van der Waals surface area contributed by atoms with Crippen molar-refractivity contribution >= 4 is 12.0 Å². The van der Waals surface area contributed by atoms with Gasteiger partial charge < -0.3 is 10.8 Å². The molecule has 1 heterocycles. The Labute approximate surface area is 68.3 Å². The number of hydrogen-bond acceptors (Lipinski definition) is 4. The summed E-state index contributed by atoms with van der Waals surface area (Å²) in [5.41, 5.74) is 5.32. The highest BCUT2D eigenvalue weighted by Gasteiger charge is 2.02. The van der Waals surface area contributed by atoms with Crippen molar-refractivity contribution < 1.29 is 9.90 Å². The van der Waals surface area contributed by atoms with E-state index in [1.807, 2.05) is 0 Å². The number of hydrogen-bond donors (Lipinski definition) is 2. The van der Waals surface area contributed by atoms with Gasteiger partial charge in [-0.25, -0.2) is 4.79 Å². The number of rotatable bonds is 2. The van der Waals surface area contributed by atoms with E-state index >= 15 is 0 Å². The molecule has 12 heavy (non-hydrogen) atoms. The molecule has 0 bridgehead atoms. The number of aliphatic carboxylic acids is 1. The van der Waals surface area contributed by atoms with Crippen molar-refractivity contribution in [2.75, 3.05) is 0 Å². The number of nitrogens with zero attached hydrogens (tertiary/aromatic N) is 3. The quantitative estimate of drug-likeness (QED) is 0.564. The van der Waals surface area contributed by atoms with Crippen LogP contribution < -0.4 is 5.73 Å². The van der Waals surface area contributed by atoms with Crippen LogP contribution in [-0.2, 0) is 11.8 Å². The monoisotopic (exact) mass is 168 g/mol. The fraction of sp³-hybridized carbons (Fsp3) is 0.167. The first-order chi connectivity index (χ1) is 5.59. The third-order valence-electron chi connectivity index (χ3n) is 1.17. The van der Waals surface area contributed by atoms with Gasteiger partial charge in [-0.2, -0.15) is 15.0 Å². The molecule has 0 aromatic carbocycles. The summed E-state index contributed by atoms with van der Waals surface area (Å²) in [7, 11) is 1.63. The number of aryl methyl sites for hydroxylation is 1. The zero-order valence-electron chi connectivity index (χ0n) is 6.43. The number of carboxylic acids is 1. The fourth-order valence-corrected chi connectivity index (χ4v) is 0.649. The number of aromatic nitrogens is 3. The van der Waals surface area contributed by atoms with Gasteiger partial charge in [0.1, 0.15) is 11.4 Å². The van der Waals surface area contributed by atoms with E-state index in [9.17, 15) is 4.79 Å². The Bertz CT molecular complexity index is 328. The van der Waals surface area contributed by atoms with Crippen molar-refractivity contribution in [3.05, 3.63) is 17.6 Å². The smallest absolute Gasteiger partial charge is 0.351 e. The van der Waals surface area contributed by atoms with Crippen molar-refractivity contribution in [3.8, 4) is 0 Å². The van der Waals surface area contributed by atoms with Crippen molar-refractivity contribution in [1.29, 1.82) is 0 Å². The van der Waals surface area contributed by atoms with Crippen LogP contribution in [0.25, 0.3) is 6.08 Å². The van der Waals surface area contributed by atoms with Crippen molar-refractivity contribution in [2.24, 2.45) is 12.8 Å². The molecular formula is C6H8N4O2. The van der Waals surface area contributed by atoms with Crippen LogP contribution in [0.2, 0.25) is 0 Å². The second-order valence-electron chi connectivity index (χ2n) is 2.16. The molecule has 0 amide bonds. The standard InChI is InChI=1S/C6H8N4O2/c1-10-8-3-4(9-10)2-5(7)6(11)12/h2-3H,7H2,1H3,(H,11,12)/b5-2+. The van der Waals surface area contributed by atoms with Crippen molar-refractivity contribution in [3.63, 3.8) is 0 Å². The van der Waals surface area contributed by atoms with E-state index in [1.165, 1.54) is 17.1 Å². The number of carbonyl (C=O) groups is 1. The molecule has 64 valence electrons. The van der Waals surface area contributed by atoms with Gasteiger partial charge in [0.25, 0.3) is 0 Å². The minimum absolute atomic E-state index is 0.254. The van der Waals surface area contributed by atoms with Crippen molar-refractivity contribution in [2.45, 2.75) is 0 Å². The van der Waals surface area contributed by atoms with E-state index < -0.39 is 5.97 Å². The van der Waals surface area contributed by atoms with Gasteiger partial charge >= 0.3 is 5.97 Å². The average Bonchev–Trinajstić information content (AvgIpc) is 2.35. The molecule has 0 unspecified atom stereocenters. The summed E-state index contributed by atoms with van der Waals surface area (Å²) in [5, 5.41) is 16.0. The molecule has 1 rings (SSSR count). The Morgan fingerprint density at radius 2 is 2.50 bits per heavy atom. The maximum Gasteiger partial charge on any atom is 0.351 e. The molecular weight excluding hydrogens is 160 g/mol. The first-order valence-corrected chi connectivity index (χ1v) is 3.16. The molecule has 0 aliphatic heterocycles. The lowest BCUT2D eigenvalue weighted by Crippen LogP contribution is -2.09. The second-order valence-corrected chi connectivity index (χ2v) is 2.16. The molecule has 3 N–H and O–H groups in total. The molecule has 6 heteroatoms. The Balaban J connectivity index is 2.87. The first-order valence-electron chi connectivity index (χ1n) is 3.16. The Morgan fingerprint density at radius 1 is 1.83 bits per heavy atom. The van der Waals surface area contributed by atoms with E-state index in [2.05, 4.69) is 10.2 Å². The number of nitrogens with two attached hydrogens (primary N) is 1. The molecule has 0 radical (unpaired) electrons. The normalized spacial score (nSPS) is 11.6. The van der Waals surface area contributed by atoms with Crippen LogP contribution in [-0.4, -0.2) is 26.1 Å². The van der Waals surface area contributed by atoms with Crippen LogP contribution in [0.3, 0.4) is 0 Å². The highest BCUT2D eigenvalue weighted by molar-refractivity contribution is 5.90. The topological polar surface area (TPSA) is 94.0 Å². The second kappa shape index (κ2) is 3.04. The van der Waals surface area contributed by atoms with E-state index in [0.29, 0.717) is 5.69 Å². The molecule has 0 aliphatic rings. The molecule has 0 aliphatic carbocycles. The lowest BCUT2D eigenvalue weighted by Gasteiger charge is -1.89. The summed E-state index contributed by atoms with van der Waals surface area (Å²) in [4.78, 5) is 11.6. The van der Waals surface area contributed by atoms with Gasteiger partial charge in [-0.1, -0.05) is 0 Å². The van der Waals surface area contributed by atoms with E-state index in [-0.39, 0.29) is 5.70 Å². The summed E-state index contributed by atoms with van der Waals surface area (Å²) in [6.45, 7) is 0. The lowest BCUT2D eigenvalue weighted by atomic mass is 10.3. The van der Waals surface area contributed by atoms with Crippen LogP contribution in [0.1, 0.15) is 5.69 Å². The predicted octanol–water partition coefficient (Wildman–Crippen LogP) is -0.801. The highest BCUT2D eigenvalue weighted by Crippen LogP contribution is 1.97. The van der Waals surface area contributed by atoms with Gasteiger partial charge in [0.2, 0.25) is 0 Å². The minimum Gasteiger partial charge on any atom is -0.477 e. The maximum absolute atomic E-state index is 10.3. The molecule has 1 aromatic heterocycles. The van der Waals surface area contributed by atoms with E-state index in [4.69, 9.17) is 10.8 Å². The molecule has 6 nitrogen and oxygen atoms in total.